The van der Waals surface area contributed by atoms with E-state index in [0.29, 0.717) is 6.54 Å². The molecule has 1 aliphatic rings. The van der Waals surface area contributed by atoms with Gasteiger partial charge in [-0.15, -0.1) is 0 Å². The number of oxazole rings is 1. The monoisotopic (exact) mass is 468 g/mol. The normalized spacial score (nSPS) is 14.4. The van der Waals surface area contributed by atoms with Crippen molar-refractivity contribution >= 4 is 11.6 Å². The molecular weight excluding hydrogens is 438 g/mol. The fourth-order valence-corrected chi connectivity index (χ4v) is 4.17. The van der Waals surface area contributed by atoms with Crippen molar-refractivity contribution in [3.05, 3.63) is 71.8 Å². The van der Waals surface area contributed by atoms with Crippen molar-refractivity contribution in [2.24, 2.45) is 0 Å². The number of hydrogen-bond donors (Lipinski definition) is 1. The van der Waals surface area contributed by atoms with E-state index in [1.165, 1.54) is 23.5 Å². The van der Waals surface area contributed by atoms with E-state index in [1.54, 1.807) is 0 Å². The van der Waals surface area contributed by atoms with Gasteiger partial charge in [0.2, 0.25) is 5.91 Å². The maximum atomic E-state index is 13.9. The second-order valence-electron chi connectivity index (χ2n) is 8.59. The molecule has 0 unspecified atom stereocenters. The maximum absolute atomic E-state index is 13.9. The summed E-state index contributed by atoms with van der Waals surface area (Å²) in [7, 11) is 0. The van der Waals surface area contributed by atoms with Crippen LogP contribution in [0.2, 0.25) is 0 Å². The fourth-order valence-electron chi connectivity index (χ4n) is 4.17. The van der Waals surface area contributed by atoms with E-state index < -0.39 is 11.6 Å². The zero-order valence-electron chi connectivity index (χ0n) is 19.4. The Morgan fingerprint density at radius 2 is 1.82 bits per heavy atom. The summed E-state index contributed by atoms with van der Waals surface area (Å²) in [5, 5.41) is 2.92. The minimum atomic E-state index is -0.711. The zero-order valence-corrected chi connectivity index (χ0v) is 19.4. The van der Waals surface area contributed by atoms with Crippen molar-refractivity contribution in [3.63, 3.8) is 0 Å². The molecule has 0 radical (unpaired) electrons. The van der Waals surface area contributed by atoms with Crippen LogP contribution in [-0.2, 0) is 11.2 Å². The molecule has 2 aromatic carbocycles. The molecule has 1 fully saturated rings. The Balaban J connectivity index is 1.13. The van der Waals surface area contributed by atoms with Gasteiger partial charge in [0.05, 0.1) is 11.8 Å². The van der Waals surface area contributed by atoms with Crippen LogP contribution in [-0.4, -0.2) is 55.1 Å². The van der Waals surface area contributed by atoms with Crippen molar-refractivity contribution in [2.75, 3.05) is 44.2 Å². The molecule has 0 bridgehead atoms. The van der Waals surface area contributed by atoms with Gasteiger partial charge in [-0.2, -0.15) is 0 Å². The number of rotatable bonds is 9. The Morgan fingerprint density at radius 1 is 1.09 bits per heavy atom. The van der Waals surface area contributed by atoms with Gasteiger partial charge >= 0.3 is 0 Å². The van der Waals surface area contributed by atoms with Gasteiger partial charge in [-0.25, -0.2) is 13.8 Å². The van der Waals surface area contributed by atoms with Gasteiger partial charge in [-0.1, -0.05) is 18.2 Å². The molecule has 2 heterocycles. The van der Waals surface area contributed by atoms with E-state index in [1.807, 2.05) is 0 Å². The molecule has 0 saturated carbocycles. The molecule has 0 spiro atoms. The topological polar surface area (TPSA) is 61.6 Å². The summed E-state index contributed by atoms with van der Waals surface area (Å²) in [5.41, 5.74) is 2.31. The molecule has 180 valence electrons. The van der Waals surface area contributed by atoms with Crippen LogP contribution in [0.5, 0.6) is 0 Å². The fraction of sp³-hybridized carbons (Fsp3) is 0.385. The second-order valence-corrected chi connectivity index (χ2v) is 8.59. The van der Waals surface area contributed by atoms with Crippen molar-refractivity contribution in [1.82, 2.24) is 15.2 Å². The Morgan fingerprint density at radius 3 is 2.56 bits per heavy atom. The van der Waals surface area contributed by atoms with Crippen LogP contribution in [0.1, 0.15) is 24.3 Å². The minimum Gasteiger partial charge on any atom is -0.441 e. The van der Waals surface area contributed by atoms with E-state index in [4.69, 9.17) is 4.42 Å². The maximum Gasteiger partial charge on any atom is 0.220 e. The number of aryl methyl sites for hydroxylation is 2. The van der Waals surface area contributed by atoms with Gasteiger partial charge in [0, 0.05) is 51.3 Å². The number of carbonyl (C=O) groups excluding carboxylic acids is 1. The van der Waals surface area contributed by atoms with Crippen molar-refractivity contribution in [3.8, 4) is 11.3 Å². The Labute approximate surface area is 198 Å². The predicted octanol–water partition coefficient (Wildman–Crippen LogP) is 4.19. The third-order valence-electron chi connectivity index (χ3n) is 6.04. The lowest BCUT2D eigenvalue weighted by molar-refractivity contribution is -0.121. The standard InChI is InChI=1S/C26H30F2N4O2/c1-19-5-2-6-20(17-19)32-15-13-31(14-16-32)12-4-11-29-24(33)9-10-25-30-18-23(34-25)26-21(27)7-3-8-22(26)28/h2-3,5-8,17-18H,4,9-16H2,1H3,(H,29,33). The van der Waals surface area contributed by atoms with Crippen LogP contribution in [0.15, 0.2) is 53.1 Å². The molecule has 1 N–H and O–H groups in total. The summed E-state index contributed by atoms with van der Waals surface area (Å²) in [6.45, 7) is 7.69. The number of carbonyl (C=O) groups is 1. The van der Waals surface area contributed by atoms with Crippen LogP contribution in [0.4, 0.5) is 14.5 Å². The molecular formula is C26H30F2N4O2. The number of amides is 1. The molecule has 0 atom stereocenters. The Bertz CT molecular complexity index is 1090. The Hall–Kier alpha value is -3.26. The smallest absolute Gasteiger partial charge is 0.220 e. The van der Waals surface area contributed by atoms with Crippen LogP contribution in [0.3, 0.4) is 0 Å². The minimum absolute atomic E-state index is 0.0218. The number of aromatic nitrogens is 1. The van der Waals surface area contributed by atoms with Gasteiger partial charge in [0.15, 0.2) is 11.7 Å². The largest absolute Gasteiger partial charge is 0.441 e. The molecule has 3 aromatic rings. The van der Waals surface area contributed by atoms with Crippen molar-refractivity contribution in [2.45, 2.75) is 26.2 Å². The first-order valence-electron chi connectivity index (χ1n) is 11.7. The van der Waals surface area contributed by atoms with Gasteiger partial charge in [0.1, 0.15) is 11.6 Å². The van der Waals surface area contributed by atoms with Gasteiger partial charge < -0.3 is 14.6 Å². The molecule has 8 heteroatoms. The average molecular weight is 469 g/mol. The van der Waals surface area contributed by atoms with Crippen molar-refractivity contribution in [1.29, 1.82) is 0 Å². The quantitative estimate of drug-likeness (QED) is 0.477. The summed E-state index contributed by atoms with van der Waals surface area (Å²) >= 11 is 0. The second kappa shape index (κ2) is 11.2. The predicted molar refractivity (Wildman–Crippen MR) is 128 cm³/mol. The van der Waals surface area contributed by atoms with E-state index >= 15 is 0 Å². The summed E-state index contributed by atoms with van der Waals surface area (Å²) in [6.07, 6.45) is 2.64. The third kappa shape index (κ3) is 6.20. The summed E-state index contributed by atoms with van der Waals surface area (Å²) < 4.78 is 33.2. The SMILES string of the molecule is Cc1cccc(N2CCN(CCCNC(=O)CCc3ncc(-c4c(F)cccc4F)o3)CC2)c1. The van der Waals surface area contributed by atoms with E-state index in [2.05, 4.69) is 51.3 Å². The first-order chi connectivity index (χ1) is 16.5. The molecule has 4 rings (SSSR count). The third-order valence-corrected chi connectivity index (χ3v) is 6.04. The van der Waals surface area contributed by atoms with Crippen LogP contribution < -0.4 is 10.2 Å². The van der Waals surface area contributed by atoms with E-state index in [-0.39, 0.29) is 36.0 Å². The molecule has 0 aliphatic carbocycles. The van der Waals surface area contributed by atoms with Crippen LogP contribution in [0, 0.1) is 18.6 Å². The number of anilines is 1. The molecule has 34 heavy (non-hydrogen) atoms. The highest BCUT2D eigenvalue weighted by molar-refractivity contribution is 5.76. The number of piperazine rings is 1. The number of nitrogens with zero attached hydrogens (tertiary/aromatic N) is 3. The van der Waals surface area contributed by atoms with Crippen LogP contribution >= 0.6 is 0 Å². The highest BCUT2D eigenvalue weighted by Crippen LogP contribution is 2.26. The number of hydrogen-bond acceptors (Lipinski definition) is 5. The molecule has 1 amide bonds. The van der Waals surface area contributed by atoms with E-state index in [9.17, 15) is 13.6 Å². The number of nitrogens with one attached hydrogen (secondary N) is 1. The average Bonchev–Trinajstić information content (AvgIpc) is 3.29. The summed E-state index contributed by atoms with van der Waals surface area (Å²) in [4.78, 5) is 21.0. The van der Waals surface area contributed by atoms with Crippen LogP contribution in [0.25, 0.3) is 11.3 Å². The van der Waals surface area contributed by atoms with Gasteiger partial charge in [-0.05, 0) is 49.7 Å². The summed E-state index contributed by atoms with van der Waals surface area (Å²) in [6, 6.07) is 12.2. The molecule has 6 nitrogen and oxygen atoms in total. The van der Waals surface area contributed by atoms with Gasteiger partial charge in [-0.3, -0.25) is 9.69 Å². The first kappa shape index (κ1) is 23.9. The Kier molecular flexibility index (Phi) is 7.90. The molecule has 1 saturated heterocycles. The lowest BCUT2D eigenvalue weighted by atomic mass is 10.1. The summed E-state index contributed by atoms with van der Waals surface area (Å²) in [5.74, 6) is -1.22. The lowest BCUT2D eigenvalue weighted by Crippen LogP contribution is -2.47. The first-order valence-corrected chi connectivity index (χ1v) is 11.7. The molecule has 1 aliphatic heterocycles. The van der Waals surface area contributed by atoms with E-state index in [0.717, 1.165) is 51.3 Å². The van der Waals surface area contributed by atoms with Crippen molar-refractivity contribution < 1.29 is 18.0 Å². The highest BCUT2D eigenvalue weighted by Gasteiger charge is 2.18. The highest BCUT2D eigenvalue weighted by atomic mass is 19.1. The zero-order chi connectivity index (χ0) is 23.9. The molecule has 1 aromatic heterocycles. The number of benzene rings is 2. The lowest BCUT2D eigenvalue weighted by Gasteiger charge is -2.36. The van der Waals surface area contributed by atoms with Gasteiger partial charge in [0.25, 0.3) is 0 Å². The number of halogens is 2.